The third-order valence-corrected chi connectivity index (χ3v) is 6.62. The van der Waals surface area contributed by atoms with Gasteiger partial charge in [-0.25, -0.2) is 9.18 Å². The number of ether oxygens (including phenoxy) is 2. The first kappa shape index (κ1) is 23.4. The number of benzene rings is 2. The second-order valence-corrected chi connectivity index (χ2v) is 8.65. The van der Waals surface area contributed by atoms with Gasteiger partial charge >= 0.3 is 6.03 Å². The molecule has 3 aromatic rings. The van der Waals surface area contributed by atoms with Crippen LogP contribution in [-0.4, -0.2) is 54.3 Å². The number of nitrogens with zero attached hydrogens (tertiary/aromatic N) is 3. The molecule has 2 heterocycles. The van der Waals surface area contributed by atoms with Crippen molar-refractivity contribution >= 4 is 34.6 Å². The Labute approximate surface area is 199 Å². The summed E-state index contributed by atoms with van der Waals surface area (Å²) >= 11 is 1.19. The summed E-state index contributed by atoms with van der Waals surface area (Å²) < 4.78 is 24.3. The lowest BCUT2D eigenvalue weighted by Crippen LogP contribution is -2.40. The number of carbonyl (C=O) groups excluding carboxylic acids is 2. The summed E-state index contributed by atoms with van der Waals surface area (Å²) in [6.07, 6.45) is 1.37. The second-order valence-electron chi connectivity index (χ2n) is 7.64. The van der Waals surface area contributed by atoms with Gasteiger partial charge in [0.05, 0.1) is 25.6 Å². The number of rotatable bonds is 6. The van der Waals surface area contributed by atoms with Crippen LogP contribution in [0.25, 0.3) is 0 Å². The van der Waals surface area contributed by atoms with Gasteiger partial charge in [0.15, 0.2) is 0 Å². The minimum atomic E-state index is -0.516. The predicted octanol–water partition coefficient (Wildman–Crippen LogP) is 4.36. The monoisotopic (exact) mass is 485 g/mol. The maximum Gasteiger partial charge on any atom is 0.321 e. The normalized spacial score (nSPS) is 13.9. The smallest absolute Gasteiger partial charge is 0.321 e. The minimum Gasteiger partial charge on any atom is -0.497 e. The minimum absolute atomic E-state index is 0.0860. The number of carbonyl (C=O) groups is 2. The molecule has 2 aromatic carbocycles. The van der Waals surface area contributed by atoms with E-state index in [4.69, 9.17) is 9.47 Å². The van der Waals surface area contributed by atoms with Crippen molar-refractivity contribution in [2.24, 2.45) is 0 Å². The van der Waals surface area contributed by atoms with Gasteiger partial charge in [0, 0.05) is 25.1 Å². The average Bonchev–Trinajstić information content (AvgIpc) is 3.36. The molecular formula is C23H24FN5O4S. The Balaban J connectivity index is 1.34. The quantitative estimate of drug-likeness (QED) is 0.538. The zero-order chi connectivity index (χ0) is 24.1. The molecule has 34 heavy (non-hydrogen) atoms. The number of para-hydroxylation sites is 1. The van der Waals surface area contributed by atoms with E-state index in [1.54, 1.807) is 42.3 Å². The summed E-state index contributed by atoms with van der Waals surface area (Å²) in [4.78, 5) is 26.9. The highest BCUT2D eigenvalue weighted by molar-refractivity contribution is 7.13. The lowest BCUT2D eigenvalue weighted by atomic mass is 9.98. The molecule has 1 fully saturated rings. The molecule has 11 heteroatoms. The van der Waals surface area contributed by atoms with Crippen molar-refractivity contribution in [1.29, 1.82) is 0 Å². The Morgan fingerprint density at radius 2 is 1.79 bits per heavy atom. The van der Waals surface area contributed by atoms with E-state index in [0.29, 0.717) is 43.1 Å². The summed E-state index contributed by atoms with van der Waals surface area (Å²) in [5.41, 5.74) is 0.625. The highest BCUT2D eigenvalue weighted by Gasteiger charge is 2.27. The molecule has 0 saturated carbocycles. The van der Waals surface area contributed by atoms with E-state index >= 15 is 0 Å². The Bertz CT molecular complexity index is 1180. The van der Waals surface area contributed by atoms with Crippen molar-refractivity contribution in [2.75, 3.05) is 37.9 Å². The van der Waals surface area contributed by atoms with Crippen LogP contribution in [0, 0.1) is 5.82 Å². The van der Waals surface area contributed by atoms with E-state index in [1.807, 2.05) is 0 Å². The third kappa shape index (κ3) is 5.25. The lowest BCUT2D eigenvalue weighted by Gasteiger charge is -2.31. The van der Waals surface area contributed by atoms with Gasteiger partial charge in [0.25, 0.3) is 5.91 Å². The van der Waals surface area contributed by atoms with Crippen LogP contribution in [0.2, 0.25) is 0 Å². The van der Waals surface area contributed by atoms with Gasteiger partial charge in [-0.2, -0.15) is 0 Å². The Hall–Kier alpha value is -3.73. The van der Waals surface area contributed by atoms with E-state index < -0.39 is 11.7 Å². The first-order valence-electron chi connectivity index (χ1n) is 10.7. The van der Waals surface area contributed by atoms with Gasteiger partial charge in [-0.05, 0) is 37.1 Å². The van der Waals surface area contributed by atoms with Crippen LogP contribution in [0.3, 0.4) is 0 Å². The van der Waals surface area contributed by atoms with Crippen LogP contribution < -0.4 is 20.1 Å². The Morgan fingerprint density at radius 1 is 1.03 bits per heavy atom. The van der Waals surface area contributed by atoms with Crippen LogP contribution >= 0.6 is 11.3 Å². The molecule has 0 unspecified atom stereocenters. The number of halogens is 1. The molecule has 1 aliphatic heterocycles. The number of anilines is 2. The molecule has 9 nitrogen and oxygen atoms in total. The number of amides is 3. The van der Waals surface area contributed by atoms with Crippen LogP contribution in [0.1, 0.15) is 33.6 Å². The number of nitrogens with one attached hydrogen (secondary N) is 2. The van der Waals surface area contributed by atoms with Gasteiger partial charge in [-0.15, -0.1) is 10.2 Å². The summed E-state index contributed by atoms with van der Waals surface area (Å²) in [5, 5.41) is 14.4. The van der Waals surface area contributed by atoms with Crippen molar-refractivity contribution in [2.45, 2.75) is 18.8 Å². The molecule has 3 amide bonds. The molecule has 1 aliphatic rings. The van der Waals surface area contributed by atoms with Crippen LogP contribution in [-0.2, 0) is 0 Å². The first-order chi connectivity index (χ1) is 16.5. The van der Waals surface area contributed by atoms with Crippen LogP contribution in [0.15, 0.2) is 42.5 Å². The number of methoxy groups -OCH3 is 2. The maximum absolute atomic E-state index is 13.8. The van der Waals surface area contributed by atoms with Gasteiger partial charge in [0.2, 0.25) is 5.01 Å². The molecule has 0 bridgehead atoms. The molecular weight excluding hydrogens is 461 g/mol. The summed E-state index contributed by atoms with van der Waals surface area (Å²) in [5.74, 6) is 0.221. The molecule has 2 N–H and O–H groups in total. The molecule has 0 radical (unpaired) electrons. The van der Waals surface area contributed by atoms with Crippen LogP contribution in [0.5, 0.6) is 11.5 Å². The van der Waals surface area contributed by atoms with Gasteiger partial charge < -0.3 is 25.0 Å². The fourth-order valence-electron chi connectivity index (χ4n) is 3.67. The molecule has 1 aromatic heterocycles. The number of urea groups is 1. The second kappa shape index (κ2) is 10.5. The zero-order valence-corrected chi connectivity index (χ0v) is 19.5. The Morgan fingerprint density at radius 3 is 2.50 bits per heavy atom. The SMILES string of the molecule is COc1ccc(OC)c(NC(=O)N2CCC(c3nnc(C(=O)Nc4ccccc4F)s3)CC2)c1. The molecule has 0 spiro atoms. The van der Waals surface area contributed by atoms with E-state index in [2.05, 4.69) is 20.8 Å². The fraction of sp³-hybridized carbons (Fsp3) is 0.304. The first-order valence-corrected chi connectivity index (χ1v) is 11.5. The summed E-state index contributed by atoms with van der Waals surface area (Å²) in [6.45, 7) is 1.05. The number of piperidine rings is 1. The Kier molecular flexibility index (Phi) is 7.21. The number of hydrogen-bond acceptors (Lipinski definition) is 7. The van der Waals surface area contributed by atoms with E-state index in [0.717, 1.165) is 5.01 Å². The average molecular weight is 486 g/mol. The van der Waals surface area contributed by atoms with E-state index in [-0.39, 0.29) is 22.6 Å². The summed E-state index contributed by atoms with van der Waals surface area (Å²) in [6, 6.07) is 10.9. The maximum atomic E-state index is 13.8. The molecule has 1 saturated heterocycles. The van der Waals surface area contributed by atoms with Crippen molar-refractivity contribution in [3.63, 3.8) is 0 Å². The van der Waals surface area contributed by atoms with Crippen molar-refractivity contribution in [1.82, 2.24) is 15.1 Å². The third-order valence-electron chi connectivity index (χ3n) is 5.54. The standard InChI is InChI=1S/C23H24FN5O4S/c1-32-15-7-8-19(33-2)18(13-15)26-23(31)29-11-9-14(10-12-29)21-27-28-22(34-21)20(30)25-17-6-4-3-5-16(17)24/h3-8,13-14H,9-12H2,1-2H3,(H,25,30)(H,26,31). The fourth-order valence-corrected chi connectivity index (χ4v) is 4.57. The van der Waals surface area contributed by atoms with Gasteiger partial charge in [-0.1, -0.05) is 23.5 Å². The number of likely N-dealkylation sites (tertiary alicyclic amines) is 1. The zero-order valence-electron chi connectivity index (χ0n) is 18.7. The van der Waals surface area contributed by atoms with Crippen molar-refractivity contribution in [3.05, 3.63) is 58.3 Å². The van der Waals surface area contributed by atoms with Crippen LogP contribution in [0.4, 0.5) is 20.6 Å². The molecule has 0 atom stereocenters. The number of hydrogen-bond donors (Lipinski definition) is 2. The molecule has 0 aliphatic carbocycles. The summed E-state index contributed by atoms with van der Waals surface area (Å²) in [7, 11) is 3.09. The van der Waals surface area contributed by atoms with Gasteiger partial charge in [0.1, 0.15) is 22.3 Å². The molecule has 178 valence electrons. The highest BCUT2D eigenvalue weighted by atomic mass is 32.1. The molecule has 4 rings (SSSR count). The topological polar surface area (TPSA) is 106 Å². The largest absolute Gasteiger partial charge is 0.497 e. The van der Waals surface area contributed by atoms with Gasteiger partial charge in [-0.3, -0.25) is 4.79 Å². The number of aromatic nitrogens is 2. The highest BCUT2D eigenvalue weighted by Crippen LogP contribution is 2.32. The van der Waals surface area contributed by atoms with E-state index in [9.17, 15) is 14.0 Å². The predicted molar refractivity (Wildman–Crippen MR) is 126 cm³/mol. The van der Waals surface area contributed by atoms with E-state index in [1.165, 1.54) is 30.6 Å². The van der Waals surface area contributed by atoms with Crippen molar-refractivity contribution in [3.8, 4) is 11.5 Å². The van der Waals surface area contributed by atoms with Crippen molar-refractivity contribution < 1.29 is 23.5 Å². The lowest BCUT2D eigenvalue weighted by molar-refractivity contribution is 0.102.